The summed E-state index contributed by atoms with van der Waals surface area (Å²) >= 11 is 5.16. The van der Waals surface area contributed by atoms with E-state index in [4.69, 9.17) is 10.2 Å². The second-order valence-electron chi connectivity index (χ2n) is 3.27. The number of thiophene rings is 1. The maximum Gasteiger partial charge on any atom is 0.139 e. The van der Waals surface area contributed by atoms with Gasteiger partial charge >= 0.3 is 0 Å². The molecule has 80 valence electrons. The summed E-state index contributed by atoms with van der Waals surface area (Å²) in [5.41, 5.74) is 6.12. The quantitative estimate of drug-likeness (QED) is 0.934. The minimum Gasteiger partial charge on any atom is -0.466 e. The van der Waals surface area contributed by atoms with Crippen molar-refractivity contribution in [1.29, 1.82) is 0 Å². The molecule has 0 amide bonds. The highest BCUT2D eigenvalue weighted by Crippen LogP contribution is 2.31. The Kier molecular flexibility index (Phi) is 3.29. The molecule has 4 heteroatoms. The molecule has 0 aromatic carbocycles. The Labute approximate surface area is 101 Å². The van der Waals surface area contributed by atoms with Crippen molar-refractivity contribution in [2.75, 3.05) is 0 Å². The highest BCUT2D eigenvalue weighted by Gasteiger charge is 2.17. The number of rotatable bonds is 3. The lowest BCUT2D eigenvalue weighted by atomic mass is 10.2. The third kappa shape index (κ3) is 2.17. The summed E-state index contributed by atoms with van der Waals surface area (Å²) in [4.78, 5) is 2.49. The highest BCUT2D eigenvalue weighted by molar-refractivity contribution is 9.10. The monoisotopic (exact) mass is 285 g/mol. The summed E-state index contributed by atoms with van der Waals surface area (Å²) in [6.07, 6.45) is 2.70. The Morgan fingerprint density at radius 3 is 2.80 bits per heavy atom. The van der Waals surface area contributed by atoms with Gasteiger partial charge in [0.15, 0.2) is 0 Å². The van der Waals surface area contributed by atoms with E-state index in [9.17, 15) is 0 Å². The van der Waals surface area contributed by atoms with Gasteiger partial charge in [0.25, 0.3) is 0 Å². The number of halogens is 1. The zero-order valence-corrected chi connectivity index (χ0v) is 10.8. The van der Waals surface area contributed by atoms with E-state index in [1.165, 1.54) is 4.88 Å². The summed E-state index contributed by atoms with van der Waals surface area (Å²) in [5, 5.41) is 0. The SMILES string of the molecule is CCc1ccc(C(N)c2occc2Br)s1. The van der Waals surface area contributed by atoms with Crippen LogP contribution in [0.5, 0.6) is 0 Å². The van der Waals surface area contributed by atoms with Crippen LogP contribution in [0.2, 0.25) is 0 Å². The molecule has 1 unspecified atom stereocenters. The molecule has 0 radical (unpaired) electrons. The molecule has 2 nitrogen and oxygen atoms in total. The Morgan fingerprint density at radius 2 is 2.27 bits per heavy atom. The summed E-state index contributed by atoms with van der Waals surface area (Å²) in [6, 6.07) is 5.89. The van der Waals surface area contributed by atoms with Crippen molar-refractivity contribution in [3.63, 3.8) is 0 Å². The second kappa shape index (κ2) is 4.51. The van der Waals surface area contributed by atoms with Gasteiger partial charge in [-0.3, -0.25) is 0 Å². The molecule has 0 saturated heterocycles. The lowest BCUT2D eigenvalue weighted by Crippen LogP contribution is -2.09. The Hall–Kier alpha value is -0.580. The Balaban J connectivity index is 2.28. The second-order valence-corrected chi connectivity index (χ2v) is 5.32. The van der Waals surface area contributed by atoms with Crippen molar-refractivity contribution >= 4 is 27.3 Å². The van der Waals surface area contributed by atoms with Crippen molar-refractivity contribution in [2.45, 2.75) is 19.4 Å². The van der Waals surface area contributed by atoms with Crippen molar-refractivity contribution in [3.8, 4) is 0 Å². The molecule has 2 N–H and O–H groups in total. The molecule has 2 aromatic heterocycles. The van der Waals surface area contributed by atoms with Crippen LogP contribution in [-0.4, -0.2) is 0 Å². The lowest BCUT2D eigenvalue weighted by molar-refractivity contribution is 0.489. The largest absolute Gasteiger partial charge is 0.466 e. The van der Waals surface area contributed by atoms with Crippen LogP contribution in [0.4, 0.5) is 0 Å². The van der Waals surface area contributed by atoms with Gasteiger partial charge in [-0.15, -0.1) is 11.3 Å². The molecule has 0 spiro atoms. The number of aryl methyl sites for hydroxylation is 1. The van der Waals surface area contributed by atoms with E-state index in [1.54, 1.807) is 17.6 Å². The van der Waals surface area contributed by atoms with Crippen molar-refractivity contribution < 1.29 is 4.42 Å². The van der Waals surface area contributed by atoms with Gasteiger partial charge in [0.1, 0.15) is 5.76 Å². The molecule has 0 aliphatic rings. The fourth-order valence-electron chi connectivity index (χ4n) is 1.41. The molecule has 2 rings (SSSR count). The van der Waals surface area contributed by atoms with Gasteiger partial charge in [-0.2, -0.15) is 0 Å². The van der Waals surface area contributed by atoms with Crippen LogP contribution in [0.3, 0.4) is 0 Å². The van der Waals surface area contributed by atoms with E-state index < -0.39 is 0 Å². The van der Waals surface area contributed by atoms with Gasteiger partial charge in [-0.25, -0.2) is 0 Å². The average Bonchev–Trinajstić information content (AvgIpc) is 2.84. The standard InChI is InChI=1S/C11H12BrNOS/c1-2-7-3-4-9(15-7)10(13)11-8(12)5-6-14-11/h3-6,10H,2,13H2,1H3. The molecule has 0 aliphatic heterocycles. The first-order chi connectivity index (χ1) is 7.22. The van der Waals surface area contributed by atoms with E-state index >= 15 is 0 Å². The number of nitrogens with two attached hydrogens (primary N) is 1. The van der Waals surface area contributed by atoms with E-state index in [2.05, 4.69) is 35.0 Å². The molecule has 2 aromatic rings. The number of furan rings is 1. The molecule has 0 aliphatic carbocycles. The van der Waals surface area contributed by atoms with Gasteiger partial charge in [0, 0.05) is 9.75 Å². The predicted molar refractivity (Wildman–Crippen MR) is 66.1 cm³/mol. The number of hydrogen-bond donors (Lipinski definition) is 1. The summed E-state index contributed by atoms with van der Waals surface area (Å²) in [7, 11) is 0. The Bertz CT molecular complexity index is 449. The molecule has 1 atom stereocenters. The molecule has 15 heavy (non-hydrogen) atoms. The Morgan fingerprint density at radius 1 is 1.47 bits per heavy atom. The summed E-state index contributed by atoms with van der Waals surface area (Å²) in [5.74, 6) is 0.791. The smallest absolute Gasteiger partial charge is 0.139 e. The van der Waals surface area contributed by atoms with E-state index in [0.717, 1.165) is 21.5 Å². The van der Waals surface area contributed by atoms with Crippen molar-refractivity contribution in [2.24, 2.45) is 5.73 Å². The lowest BCUT2D eigenvalue weighted by Gasteiger charge is -2.06. The van der Waals surface area contributed by atoms with Crippen LogP contribution in [0.15, 0.2) is 33.4 Å². The zero-order chi connectivity index (χ0) is 10.8. The maximum absolute atomic E-state index is 6.12. The maximum atomic E-state index is 6.12. The van der Waals surface area contributed by atoms with Crippen LogP contribution in [-0.2, 0) is 6.42 Å². The third-order valence-electron chi connectivity index (χ3n) is 2.26. The molecular weight excluding hydrogens is 274 g/mol. The minimum atomic E-state index is -0.167. The molecule has 0 bridgehead atoms. The summed E-state index contributed by atoms with van der Waals surface area (Å²) in [6.45, 7) is 2.14. The number of hydrogen-bond acceptors (Lipinski definition) is 3. The van der Waals surface area contributed by atoms with Crippen molar-refractivity contribution in [3.05, 3.63) is 44.4 Å². The van der Waals surface area contributed by atoms with Crippen LogP contribution >= 0.6 is 27.3 Å². The normalized spacial score (nSPS) is 13.0. The van der Waals surface area contributed by atoms with Gasteiger partial charge in [0.2, 0.25) is 0 Å². The first-order valence-corrected chi connectivity index (χ1v) is 6.40. The fourth-order valence-corrected chi connectivity index (χ4v) is 2.81. The minimum absolute atomic E-state index is 0.167. The molecule has 0 saturated carbocycles. The van der Waals surface area contributed by atoms with E-state index in [-0.39, 0.29) is 6.04 Å². The van der Waals surface area contributed by atoms with E-state index in [0.29, 0.717) is 0 Å². The van der Waals surface area contributed by atoms with Crippen LogP contribution in [0, 0.1) is 0 Å². The first-order valence-electron chi connectivity index (χ1n) is 4.79. The van der Waals surface area contributed by atoms with Crippen LogP contribution < -0.4 is 5.73 Å². The fraction of sp³-hybridized carbons (Fsp3) is 0.273. The van der Waals surface area contributed by atoms with Crippen LogP contribution in [0.25, 0.3) is 0 Å². The van der Waals surface area contributed by atoms with Crippen LogP contribution in [0.1, 0.15) is 28.5 Å². The third-order valence-corrected chi connectivity index (χ3v) is 4.23. The van der Waals surface area contributed by atoms with Gasteiger partial charge in [0.05, 0.1) is 16.8 Å². The van der Waals surface area contributed by atoms with E-state index in [1.807, 2.05) is 6.07 Å². The van der Waals surface area contributed by atoms with Gasteiger partial charge in [-0.05, 0) is 40.5 Å². The average molecular weight is 286 g/mol. The predicted octanol–water partition coefficient (Wildman–Crippen LogP) is 3.71. The van der Waals surface area contributed by atoms with Crippen molar-refractivity contribution in [1.82, 2.24) is 0 Å². The summed E-state index contributed by atoms with van der Waals surface area (Å²) < 4.78 is 6.29. The highest BCUT2D eigenvalue weighted by atomic mass is 79.9. The molecule has 0 fully saturated rings. The first kappa shape index (κ1) is 10.9. The van der Waals surface area contributed by atoms with Gasteiger partial charge < -0.3 is 10.2 Å². The molecular formula is C11H12BrNOS. The van der Waals surface area contributed by atoms with Gasteiger partial charge in [-0.1, -0.05) is 6.92 Å². The topological polar surface area (TPSA) is 39.2 Å². The zero-order valence-electron chi connectivity index (χ0n) is 8.37. The molecule has 2 heterocycles.